The van der Waals surface area contributed by atoms with Gasteiger partial charge in [-0.3, -0.25) is 4.99 Å². The Bertz CT molecular complexity index is 471. The van der Waals surface area contributed by atoms with Gasteiger partial charge in [0.1, 0.15) is 5.60 Å². The molecule has 0 aromatic rings. The van der Waals surface area contributed by atoms with Gasteiger partial charge in [-0.15, -0.1) is 24.0 Å². The maximum absolute atomic E-state index is 12.1. The Kier molecular flexibility index (Phi) is 9.47. The third-order valence-electron chi connectivity index (χ3n) is 4.98. The van der Waals surface area contributed by atoms with E-state index in [-0.39, 0.29) is 30.1 Å². The Labute approximate surface area is 176 Å². The van der Waals surface area contributed by atoms with Crippen LogP contribution in [0.15, 0.2) is 4.99 Å². The molecule has 1 amide bonds. The molecule has 152 valence electrons. The lowest BCUT2D eigenvalue weighted by molar-refractivity contribution is 0.0185. The van der Waals surface area contributed by atoms with Gasteiger partial charge in [0.05, 0.1) is 0 Å². The van der Waals surface area contributed by atoms with Gasteiger partial charge in [0.25, 0.3) is 0 Å². The molecular formula is C19H37IN4O2. The van der Waals surface area contributed by atoms with E-state index in [1.165, 1.54) is 12.8 Å². The summed E-state index contributed by atoms with van der Waals surface area (Å²) in [6, 6.07) is 0. The van der Waals surface area contributed by atoms with Crippen molar-refractivity contribution in [2.24, 2.45) is 16.8 Å². The topological polar surface area (TPSA) is 57.2 Å². The van der Waals surface area contributed by atoms with Crippen LogP contribution in [-0.4, -0.2) is 67.2 Å². The van der Waals surface area contributed by atoms with E-state index in [1.54, 1.807) is 0 Å². The van der Waals surface area contributed by atoms with Gasteiger partial charge in [-0.1, -0.05) is 6.92 Å². The summed E-state index contributed by atoms with van der Waals surface area (Å²) in [5, 5.41) is 3.55. The predicted octanol–water partition coefficient (Wildman–Crippen LogP) is 3.56. The number of nitrogens with zero attached hydrogens (tertiary/aromatic N) is 3. The zero-order chi connectivity index (χ0) is 18.4. The highest BCUT2D eigenvalue weighted by molar-refractivity contribution is 14.0. The Hall–Kier alpha value is -0.730. The highest BCUT2D eigenvalue weighted by atomic mass is 127. The lowest BCUT2D eigenvalue weighted by Gasteiger charge is -2.36. The molecular weight excluding hydrogens is 443 g/mol. The van der Waals surface area contributed by atoms with Crippen molar-refractivity contribution in [3.05, 3.63) is 0 Å². The summed E-state index contributed by atoms with van der Waals surface area (Å²) in [4.78, 5) is 20.8. The quantitative estimate of drug-likeness (QED) is 0.373. The number of carbonyl (C=O) groups excluding carboxylic acids is 1. The number of hydrogen-bond donors (Lipinski definition) is 1. The summed E-state index contributed by atoms with van der Waals surface area (Å²) >= 11 is 0. The third kappa shape index (κ3) is 7.48. The minimum absolute atomic E-state index is 0. The number of guanidine groups is 1. The average Bonchev–Trinajstić information content (AvgIpc) is 2.54. The number of likely N-dealkylation sites (tertiary alicyclic amines) is 2. The molecule has 6 nitrogen and oxygen atoms in total. The van der Waals surface area contributed by atoms with E-state index in [9.17, 15) is 4.79 Å². The number of nitrogens with one attached hydrogen (secondary N) is 1. The van der Waals surface area contributed by atoms with Crippen molar-refractivity contribution in [3.8, 4) is 0 Å². The molecule has 2 saturated heterocycles. The fraction of sp³-hybridized carbons (Fsp3) is 0.895. The number of halogens is 1. The third-order valence-corrected chi connectivity index (χ3v) is 4.98. The molecule has 2 rings (SSSR count). The van der Waals surface area contributed by atoms with E-state index in [0.29, 0.717) is 5.92 Å². The normalized spacial score (nSPS) is 22.7. The molecule has 2 aliphatic rings. The van der Waals surface area contributed by atoms with Crippen molar-refractivity contribution in [2.45, 2.75) is 59.0 Å². The lowest BCUT2D eigenvalue weighted by atomic mass is 9.97. The number of amides is 1. The van der Waals surface area contributed by atoms with Crippen LogP contribution in [0.2, 0.25) is 0 Å². The first-order valence-corrected chi connectivity index (χ1v) is 9.72. The molecule has 0 spiro atoms. The van der Waals surface area contributed by atoms with Gasteiger partial charge in [-0.05, 0) is 58.3 Å². The van der Waals surface area contributed by atoms with E-state index >= 15 is 0 Å². The van der Waals surface area contributed by atoms with Crippen molar-refractivity contribution >= 4 is 36.0 Å². The molecule has 0 bridgehead atoms. The van der Waals surface area contributed by atoms with Crippen LogP contribution in [-0.2, 0) is 4.74 Å². The summed E-state index contributed by atoms with van der Waals surface area (Å²) in [7, 11) is 1.87. The number of hydrogen-bond acceptors (Lipinski definition) is 3. The zero-order valence-corrected chi connectivity index (χ0v) is 19.4. The SMILES string of the molecule is CN=C(NCC1CCN(C(=O)OC(C)(C)C)CC1)N1CCCC(C)C1.I. The van der Waals surface area contributed by atoms with Crippen LogP contribution >= 0.6 is 24.0 Å². The van der Waals surface area contributed by atoms with E-state index in [2.05, 4.69) is 22.1 Å². The van der Waals surface area contributed by atoms with Crippen molar-refractivity contribution in [2.75, 3.05) is 39.8 Å². The van der Waals surface area contributed by atoms with Gasteiger partial charge in [0.15, 0.2) is 5.96 Å². The van der Waals surface area contributed by atoms with Gasteiger partial charge < -0.3 is 19.9 Å². The van der Waals surface area contributed by atoms with Gasteiger partial charge >= 0.3 is 6.09 Å². The van der Waals surface area contributed by atoms with E-state index in [0.717, 1.165) is 57.4 Å². The molecule has 1 N–H and O–H groups in total. The second-order valence-corrected chi connectivity index (χ2v) is 8.53. The average molecular weight is 480 g/mol. The Balaban J connectivity index is 0.00000338. The van der Waals surface area contributed by atoms with E-state index in [1.807, 2.05) is 32.7 Å². The first kappa shape index (κ1) is 23.3. The molecule has 0 aromatic heterocycles. The van der Waals surface area contributed by atoms with Crippen LogP contribution in [0.3, 0.4) is 0 Å². The Morgan fingerprint density at radius 1 is 1.15 bits per heavy atom. The summed E-state index contributed by atoms with van der Waals surface area (Å²) in [5.74, 6) is 2.35. The summed E-state index contributed by atoms with van der Waals surface area (Å²) < 4.78 is 5.46. The van der Waals surface area contributed by atoms with Gasteiger partial charge in [-0.2, -0.15) is 0 Å². The van der Waals surface area contributed by atoms with Crippen LogP contribution in [0.5, 0.6) is 0 Å². The molecule has 1 unspecified atom stereocenters. The zero-order valence-electron chi connectivity index (χ0n) is 17.1. The first-order chi connectivity index (χ1) is 11.8. The molecule has 26 heavy (non-hydrogen) atoms. The molecule has 2 fully saturated rings. The standard InChI is InChI=1S/C19H36N4O2.HI/c1-15-7-6-10-23(14-15)17(20-5)21-13-16-8-11-22(12-9-16)18(24)25-19(2,3)4;/h15-16H,6-14H2,1-5H3,(H,20,21);1H. The summed E-state index contributed by atoms with van der Waals surface area (Å²) in [5.41, 5.74) is -0.423. The highest BCUT2D eigenvalue weighted by Gasteiger charge is 2.27. The predicted molar refractivity (Wildman–Crippen MR) is 117 cm³/mol. The number of ether oxygens (including phenoxy) is 1. The van der Waals surface area contributed by atoms with Crippen LogP contribution in [0.1, 0.15) is 53.4 Å². The van der Waals surface area contributed by atoms with E-state index in [4.69, 9.17) is 4.74 Å². The molecule has 2 heterocycles. The van der Waals surface area contributed by atoms with Crippen LogP contribution in [0.25, 0.3) is 0 Å². The first-order valence-electron chi connectivity index (χ1n) is 9.72. The van der Waals surface area contributed by atoms with Gasteiger partial charge in [0.2, 0.25) is 0 Å². The molecule has 0 saturated carbocycles. The molecule has 7 heteroatoms. The summed E-state index contributed by atoms with van der Waals surface area (Å²) in [6.45, 7) is 12.7. The van der Waals surface area contributed by atoms with Crippen LogP contribution < -0.4 is 5.32 Å². The fourth-order valence-corrected chi connectivity index (χ4v) is 3.60. The number of rotatable bonds is 2. The van der Waals surface area contributed by atoms with E-state index < -0.39 is 5.60 Å². The number of piperidine rings is 2. The Morgan fingerprint density at radius 3 is 2.35 bits per heavy atom. The number of carbonyl (C=O) groups is 1. The van der Waals surface area contributed by atoms with Crippen LogP contribution in [0.4, 0.5) is 4.79 Å². The molecule has 0 aliphatic carbocycles. The molecule has 2 aliphatic heterocycles. The lowest BCUT2D eigenvalue weighted by Crippen LogP contribution is -2.48. The minimum atomic E-state index is -0.423. The second-order valence-electron chi connectivity index (χ2n) is 8.53. The molecule has 1 atom stereocenters. The van der Waals surface area contributed by atoms with Gasteiger partial charge in [0, 0.05) is 39.8 Å². The van der Waals surface area contributed by atoms with Crippen molar-refractivity contribution in [1.82, 2.24) is 15.1 Å². The van der Waals surface area contributed by atoms with Gasteiger partial charge in [-0.25, -0.2) is 4.79 Å². The minimum Gasteiger partial charge on any atom is -0.444 e. The second kappa shape index (κ2) is 10.6. The number of aliphatic imine (C=N–C) groups is 1. The van der Waals surface area contributed by atoms with Crippen molar-refractivity contribution in [1.29, 1.82) is 0 Å². The van der Waals surface area contributed by atoms with Crippen molar-refractivity contribution < 1.29 is 9.53 Å². The maximum atomic E-state index is 12.1. The fourth-order valence-electron chi connectivity index (χ4n) is 3.60. The molecule has 0 aromatic carbocycles. The molecule has 0 radical (unpaired) electrons. The summed E-state index contributed by atoms with van der Waals surface area (Å²) in [6.07, 6.45) is 4.41. The largest absolute Gasteiger partial charge is 0.444 e. The van der Waals surface area contributed by atoms with Crippen molar-refractivity contribution in [3.63, 3.8) is 0 Å². The highest BCUT2D eigenvalue weighted by Crippen LogP contribution is 2.20. The van der Waals surface area contributed by atoms with Crippen LogP contribution in [0, 0.1) is 11.8 Å². The monoisotopic (exact) mass is 480 g/mol. The maximum Gasteiger partial charge on any atom is 0.410 e. The smallest absolute Gasteiger partial charge is 0.410 e. The Morgan fingerprint density at radius 2 is 1.81 bits per heavy atom.